The molecule has 0 radical (unpaired) electrons. The third-order valence-corrected chi connectivity index (χ3v) is 4.80. The molecule has 1 atom stereocenters. The highest BCUT2D eigenvalue weighted by molar-refractivity contribution is 6.36. The van der Waals surface area contributed by atoms with Crippen molar-refractivity contribution in [1.29, 1.82) is 5.26 Å². The van der Waals surface area contributed by atoms with E-state index in [0.717, 1.165) is 0 Å². The van der Waals surface area contributed by atoms with Gasteiger partial charge in [0.1, 0.15) is 11.2 Å². The van der Waals surface area contributed by atoms with E-state index in [9.17, 15) is 14.9 Å². The Labute approximate surface area is 189 Å². The molecule has 0 aromatic heterocycles. The Kier molecular flexibility index (Phi) is 7.32. The van der Waals surface area contributed by atoms with Crippen LogP contribution in [0, 0.1) is 11.3 Å². The molecule has 1 aliphatic rings. The van der Waals surface area contributed by atoms with Crippen molar-refractivity contribution in [2.24, 2.45) is 0 Å². The molecular weight excluding hydrogens is 420 g/mol. The molecule has 2 rings (SSSR count). The van der Waals surface area contributed by atoms with Crippen molar-refractivity contribution in [2.75, 3.05) is 29.9 Å². The molecule has 170 valence electrons. The summed E-state index contributed by atoms with van der Waals surface area (Å²) in [6.07, 6.45) is -1.01. The van der Waals surface area contributed by atoms with Crippen LogP contribution >= 0.6 is 11.6 Å². The van der Waals surface area contributed by atoms with Crippen LogP contribution in [0.25, 0.3) is 0 Å². The van der Waals surface area contributed by atoms with Gasteiger partial charge in [0.05, 0.1) is 28.0 Å². The molecule has 1 aliphatic heterocycles. The molecule has 9 heteroatoms. The molecule has 0 bridgehead atoms. The monoisotopic (exact) mass is 450 g/mol. The van der Waals surface area contributed by atoms with Gasteiger partial charge in [-0.05, 0) is 60.6 Å². The predicted octanol–water partition coefficient (Wildman–Crippen LogP) is 5.00. The van der Waals surface area contributed by atoms with Gasteiger partial charge in [-0.1, -0.05) is 11.6 Å². The first kappa shape index (κ1) is 24.6. The summed E-state index contributed by atoms with van der Waals surface area (Å²) in [5.74, 6) is 0. The summed E-state index contributed by atoms with van der Waals surface area (Å²) in [5, 5.41) is 12.4. The minimum Gasteiger partial charge on any atom is -0.444 e. The fourth-order valence-corrected chi connectivity index (χ4v) is 3.46. The first-order chi connectivity index (χ1) is 14.2. The van der Waals surface area contributed by atoms with Crippen LogP contribution in [0.4, 0.5) is 21.0 Å². The number of anilines is 2. The molecule has 0 saturated carbocycles. The van der Waals surface area contributed by atoms with Gasteiger partial charge < -0.3 is 19.3 Å². The summed E-state index contributed by atoms with van der Waals surface area (Å²) in [5.41, 5.74) is 0.0325. The highest BCUT2D eigenvalue weighted by Gasteiger charge is 2.31. The first-order valence-corrected chi connectivity index (χ1v) is 10.6. The Morgan fingerprint density at radius 2 is 1.74 bits per heavy atom. The summed E-state index contributed by atoms with van der Waals surface area (Å²) in [6, 6.07) is 5.21. The van der Waals surface area contributed by atoms with Gasteiger partial charge in [-0.15, -0.1) is 0 Å². The van der Waals surface area contributed by atoms with Crippen LogP contribution in [0.1, 0.15) is 54.0 Å². The summed E-state index contributed by atoms with van der Waals surface area (Å²) in [4.78, 5) is 28.3. The number of benzene rings is 1. The molecule has 0 aliphatic carbocycles. The Morgan fingerprint density at radius 1 is 1.13 bits per heavy atom. The number of nitriles is 1. The second-order valence-corrected chi connectivity index (χ2v) is 9.94. The summed E-state index contributed by atoms with van der Waals surface area (Å²) in [6.45, 7) is 14.1. The number of amides is 2. The van der Waals surface area contributed by atoms with E-state index >= 15 is 0 Å². The van der Waals surface area contributed by atoms with Gasteiger partial charge >= 0.3 is 12.2 Å². The standard InChI is InChI=1S/C22H31ClN4O4/c1-14-13-26(20(29)31-22(5,6)7)8-9-27(14)17-11-15(12-24)10-16(18(17)23)25-19(28)30-21(2,3)4/h10-11,14H,8-9,13H2,1-7H3,(H,25,28)/t14-/m1/s1. The number of hydrogen-bond donors (Lipinski definition) is 1. The summed E-state index contributed by atoms with van der Waals surface area (Å²) < 4.78 is 10.8. The number of carbonyl (C=O) groups is 2. The van der Waals surface area contributed by atoms with E-state index < -0.39 is 17.3 Å². The maximum atomic E-state index is 12.4. The molecule has 31 heavy (non-hydrogen) atoms. The van der Waals surface area contributed by atoms with Crippen molar-refractivity contribution >= 4 is 35.2 Å². The summed E-state index contributed by atoms with van der Waals surface area (Å²) >= 11 is 6.61. The van der Waals surface area contributed by atoms with Gasteiger partial charge in [0.25, 0.3) is 0 Å². The number of nitrogens with zero attached hydrogens (tertiary/aromatic N) is 3. The predicted molar refractivity (Wildman–Crippen MR) is 121 cm³/mol. The molecule has 1 heterocycles. The number of piperazine rings is 1. The maximum Gasteiger partial charge on any atom is 0.412 e. The minimum atomic E-state index is -0.668. The zero-order chi connectivity index (χ0) is 23.6. The summed E-state index contributed by atoms with van der Waals surface area (Å²) in [7, 11) is 0. The third-order valence-electron chi connectivity index (χ3n) is 4.41. The smallest absolute Gasteiger partial charge is 0.412 e. The number of nitrogens with one attached hydrogen (secondary N) is 1. The molecule has 1 fully saturated rings. The molecular formula is C22H31ClN4O4. The molecule has 1 saturated heterocycles. The van der Waals surface area contributed by atoms with E-state index in [4.69, 9.17) is 21.1 Å². The largest absolute Gasteiger partial charge is 0.444 e. The highest BCUT2D eigenvalue weighted by Crippen LogP contribution is 2.36. The van der Waals surface area contributed by atoms with Crippen molar-refractivity contribution in [3.8, 4) is 6.07 Å². The van der Waals surface area contributed by atoms with Crippen LogP contribution in [0.5, 0.6) is 0 Å². The van der Waals surface area contributed by atoms with Gasteiger partial charge in [-0.2, -0.15) is 5.26 Å². The molecule has 0 unspecified atom stereocenters. The maximum absolute atomic E-state index is 12.4. The lowest BCUT2D eigenvalue weighted by Gasteiger charge is -2.42. The third kappa shape index (κ3) is 6.93. The Hall–Kier alpha value is -2.66. The van der Waals surface area contributed by atoms with Crippen LogP contribution < -0.4 is 10.2 Å². The molecule has 1 aromatic rings. The lowest BCUT2D eigenvalue weighted by molar-refractivity contribution is 0.0218. The van der Waals surface area contributed by atoms with Crippen molar-refractivity contribution in [3.05, 3.63) is 22.7 Å². The van der Waals surface area contributed by atoms with Crippen molar-refractivity contribution in [1.82, 2.24) is 4.90 Å². The number of halogens is 1. The van der Waals surface area contributed by atoms with Gasteiger partial charge in [0, 0.05) is 25.7 Å². The zero-order valence-electron chi connectivity index (χ0n) is 19.2. The SMILES string of the molecule is C[C@@H]1CN(C(=O)OC(C)(C)C)CCN1c1cc(C#N)cc(NC(=O)OC(C)(C)C)c1Cl. The minimum absolute atomic E-state index is 0.0814. The molecule has 2 amide bonds. The van der Waals surface area contributed by atoms with Crippen molar-refractivity contribution < 1.29 is 19.1 Å². The van der Waals surface area contributed by atoms with Crippen molar-refractivity contribution in [3.63, 3.8) is 0 Å². The number of hydrogen-bond acceptors (Lipinski definition) is 6. The van der Waals surface area contributed by atoms with Crippen LogP contribution in [-0.4, -0.2) is 54.0 Å². The van der Waals surface area contributed by atoms with E-state index in [1.54, 1.807) is 31.7 Å². The van der Waals surface area contributed by atoms with E-state index in [1.807, 2.05) is 32.6 Å². The zero-order valence-corrected chi connectivity index (χ0v) is 20.0. The van der Waals surface area contributed by atoms with Crippen LogP contribution in [0.15, 0.2) is 12.1 Å². The van der Waals surface area contributed by atoms with Gasteiger partial charge in [-0.3, -0.25) is 5.32 Å². The first-order valence-electron chi connectivity index (χ1n) is 10.2. The van der Waals surface area contributed by atoms with Crippen molar-refractivity contribution in [2.45, 2.75) is 65.7 Å². The van der Waals surface area contributed by atoms with E-state index in [-0.39, 0.29) is 12.1 Å². The van der Waals surface area contributed by atoms with Gasteiger partial charge in [0.15, 0.2) is 0 Å². The Morgan fingerprint density at radius 3 is 2.26 bits per heavy atom. The van der Waals surface area contributed by atoms with Crippen LogP contribution in [-0.2, 0) is 9.47 Å². The number of ether oxygens (including phenoxy) is 2. The van der Waals surface area contributed by atoms with E-state index in [1.165, 1.54) is 6.07 Å². The van der Waals surface area contributed by atoms with Crippen LogP contribution in [0.3, 0.4) is 0 Å². The molecule has 1 aromatic carbocycles. The molecule has 8 nitrogen and oxygen atoms in total. The Balaban J connectivity index is 2.24. The number of carbonyl (C=O) groups excluding carboxylic acids is 2. The lowest BCUT2D eigenvalue weighted by atomic mass is 10.1. The second kappa shape index (κ2) is 9.23. The van der Waals surface area contributed by atoms with E-state index in [0.29, 0.717) is 41.6 Å². The number of rotatable bonds is 2. The average Bonchev–Trinajstić information content (AvgIpc) is 2.60. The lowest BCUT2D eigenvalue weighted by Crippen LogP contribution is -2.54. The quantitative estimate of drug-likeness (QED) is 0.680. The normalized spacial score (nSPS) is 17.1. The highest BCUT2D eigenvalue weighted by atomic mass is 35.5. The fourth-order valence-electron chi connectivity index (χ4n) is 3.20. The van der Waals surface area contributed by atoms with Gasteiger partial charge in [0.2, 0.25) is 0 Å². The second-order valence-electron chi connectivity index (χ2n) is 9.56. The molecule has 1 N–H and O–H groups in total. The fraction of sp³-hybridized carbons (Fsp3) is 0.591. The average molecular weight is 451 g/mol. The van der Waals surface area contributed by atoms with E-state index in [2.05, 4.69) is 11.4 Å². The van der Waals surface area contributed by atoms with Gasteiger partial charge in [-0.25, -0.2) is 9.59 Å². The van der Waals surface area contributed by atoms with Crippen LogP contribution in [0.2, 0.25) is 5.02 Å². The topological polar surface area (TPSA) is 94.9 Å². The molecule has 0 spiro atoms. The Bertz CT molecular complexity index is 883.